The van der Waals surface area contributed by atoms with E-state index in [4.69, 9.17) is 19.9 Å². The molecular weight excluding hydrogens is 334 g/mol. The Morgan fingerprint density at radius 1 is 1.23 bits per heavy atom. The minimum atomic E-state index is -0.903. The van der Waals surface area contributed by atoms with Crippen molar-refractivity contribution in [3.8, 4) is 23.0 Å². The summed E-state index contributed by atoms with van der Waals surface area (Å²) < 4.78 is 17.0. The highest BCUT2D eigenvalue weighted by atomic mass is 16.5. The first-order chi connectivity index (χ1) is 12.3. The monoisotopic (exact) mass is 357 g/mol. The fraction of sp³-hybridized carbons (Fsp3) is 0.350. The van der Waals surface area contributed by atoms with Crippen LogP contribution < -0.4 is 19.9 Å². The summed E-state index contributed by atoms with van der Waals surface area (Å²) in [7, 11) is 3.14. The van der Waals surface area contributed by atoms with E-state index in [0.29, 0.717) is 28.6 Å². The Morgan fingerprint density at radius 3 is 2.54 bits per heavy atom. The van der Waals surface area contributed by atoms with Gasteiger partial charge in [-0.25, -0.2) is 0 Å². The molecule has 6 heteroatoms. The van der Waals surface area contributed by atoms with Crippen LogP contribution in [0.1, 0.15) is 36.1 Å². The van der Waals surface area contributed by atoms with Gasteiger partial charge in [-0.1, -0.05) is 19.9 Å². The molecule has 0 bridgehead atoms. The zero-order valence-corrected chi connectivity index (χ0v) is 15.4. The van der Waals surface area contributed by atoms with E-state index in [-0.39, 0.29) is 13.0 Å². The van der Waals surface area contributed by atoms with Gasteiger partial charge in [0, 0.05) is 29.2 Å². The number of methoxy groups -OCH3 is 2. The van der Waals surface area contributed by atoms with Crippen LogP contribution in [0.15, 0.2) is 24.3 Å². The topological polar surface area (TPSA) is 91.0 Å². The molecule has 1 heterocycles. The van der Waals surface area contributed by atoms with E-state index < -0.39 is 11.4 Å². The van der Waals surface area contributed by atoms with Crippen molar-refractivity contribution in [1.29, 1.82) is 0 Å². The van der Waals surface area contributed by atoms with Crippen molar-refractivity contribution in [2.45, 2.75) is 32.2 Å². The predicted octanol–water partition coefficient (Wildman–Crippen LogP) is 3.22. The Morgan fingerprint density at radius 2 is 1.96 bits per heavy atom. The highest BCUT2D eigenvalue weighted by Crippen LogP contribution is 2.52. The molecule has 0 aromatic heterocycles. The zero-order chi connectivity index (χ0) is 19.1. The molecule has 0 saturated heterocycles. The summed E-state index contributed by atoms with van der Waals surface area (Å²) in [5.74, 6) is 1.56. The third-order valence-electron chi connectivity index (χ3n) is 4.89. The van der Waals surface area contributed by atoms with Crippen LogP contribution in [0.2, 0.25) is 0 Å². The van der Waals surface area contributed by atoms with Crippen molar-refractivity contribution in [1.82, 2.24) is 0 Å². The number of carboxylic acids is 1. The number of nitrogens with two attached hydrogens (primary N) is 1. The zero-order valence-electron chi connectivity index (χ0n) is 15.4. The number of aliphatic carboxylic acids is 1. The average Bonchev–Trinajstić information content (AvgIpc) is 2.59. The third-order valence-corrected chi connectivity index (χ3v) is 4.89. The molecule has 2 aromatic carbocycles. The van der Waals surface area contributed by atoms with E-state index in [1.165, 1.54) is 0 Å². The lowest BCUT2D eigenvalue weighted by Crippen LogP contribution is -2.28. The number of hydrogen-bond donors (Lipinski definition) is 2. The molecule has 0 saturated carbocycles. The van der Waals surface area contributed by atoms with Crippen LogP contribution in [-0.2, 0) is 23.2 Å². The van der Waals surface area contributed by atoms with Gasteiger partial charge < -0.3 is 25.1 Å². The van der Waals surface area contributed by atoms with E-state index in [2.05, 4.69) is 13.8 Å². The van der Waals surface area contributed by atoms with Crippen molar-refractivity contribution < 1.29 is 24.1 Å². The average molecular weight is 357 g/mol. The normalized spacial score (nSPS) is 14.0. The minimum absolute atomic E-state index is 0.110. The first-order valence-electron chi connectivity index (χ1n) is 8.35. The van der Waals surface area contributed by atoms with Gasteiger partial charge in [-0.05, 0) is 17.7 Å². The molecule has 138 valence electrons. The minimum Gasteiger partial charge on any atom is -0.497 e. The van der Waals surface area contributed by atoms with Crippen LogP contribution in [0.4, 0.5) is 0 Å². The van der Waals surface area contributed by atoms with Crippen molar-refractivity contribution in [3.63, 3.8) is 0 Å². The summed E-state index contributed by atoms with van der Waals surface area (Å²) in [4.78, 5) is 11.4. The molecule has 0 spiro atoms. The van der Waals surface area contributed by atoms with Crippen LogP contribution >= 0.6 is 0 Å². The van der Waals surface area contributed by atoms with Gasteiger partial charge in [-0.3, -0.25) is 4.79 Å². The molecule has 0 unspecified atom stereocenters. The number of carbonyl (C=O) groups is 1. The fourth-order valence-corrected chi connectivity index (χ4v) is 3.70. The maximum Gasteiger partial charge on any atom is 0.307 e. The van der Waals surface area contributed by atoms with Crippen molar-refractivity contribution in [2.24, 2.45) is 5.73 Å². The molecule has 0 aliphatic carbocycles. The molecule has 1 aliphatic heterocycles. The van der Waals surface area contributed by atoms with Gasteiger partial charge in [0.15, 0.2) is 0 Å². The lowest BCUT2D eigenvalue weighted by molar-refractivity contribution is -0.136. The SMILES string of the molecule is COc1cc(CC(=O)O)c2c(c1)Oc1c(ccc(OC)c1CN)C2(C)C. The highest BCUT2D eigenvalue weighted by Gasteiger charge is 2.38. The van der Waals surface area contributed by atoms with Crippen molar-refractivity contribution >= 4 is 5.97 Å². The number of rotatable bonds is 5. The van der Waals surface area contributed by atoms with E-state index in [9.17, 15) is 9.90 Å². The molecule has 0 atom stereocenters. The Kier molecular flexibility index (Phi) is 4.54. The maximum absolute atomic E-state index is 11.4. The van der Waals surface area contributed by atoms with E-state index in [1.807, 2.05) is 12.1 Å². The van der Waals surface area contributed by atoms with Gasteiger partial charge in [0.1, 0.15) is 23.0 Å². The Labute approximate surface area is 152 Å². The fourth-order valence-electron chi connectivity index (χ4n) is 3.70. The van der Waals surface area contributed by atoms with Gasteiger partial charge in [-0.2, -0.15) is 0 Å². The second kappa shape index (κ2) is 6.53. The molecule has 0 amide bonds. The van der Waals surface area contributed by atoms with Gasteiger partial charge in [0.25, 0.3) is 0 Å². The Hall–Kier alpha value is -2.73. The van der Waals surface area contributed by atoms with Gasteiger partial charge in [-0.15, -0.1) is 0 Å². The molecule has 3 N–H and O–H groups in total. The predicted molar refractivity (Wildman–Crippen MR) is 97.4 cm³/mol. The molecule has 6 nitrogen and oxygen atoms in total. The first-order valence-corrected chi connectivity index (χ1v) is 8.35. The Bertz CT molecular complexity index is 873. The summed E-state index contributed by atoms with van der Waals surface area (Å²) >= 11 is 0. The van der Waals surface area contributed by atoms with Crippen molar-refractivity contribution in [3.05, 3.63) is 46.5 Å². The third kappa shape index (κ3) is 2.76. The smallest absolute Gasteiger partial charge is 0.307 e. The van der Waals surface area contributed by atoms with Crippen molar-refractivity contribution in [2.75, 3.05) is 14.2 Å². The second-order valence-corrected chi connectivity index (χ2v) is 6.78. The summed E-state index contributed by atoms with van der Waals surface area (Å²) in [6.45, 7) is 4.37. The number of carboxylic acid groups (broad SMARTS) is 1. The molecular formula is C20H23NO5. The summed E-state index contributed by atoms with van der Waals surface area (Å²) in [5.41, 5.74) is 8.74. The van der Waals surface area contributed by atoms with Crippen LogP contribution in [-0.4, -0.2) is 25.3 Å². The van der Waals surface area contributed by atoms with E-state index in [1.54, 1.807) is 26.4 Å². The number of hydrogen-bond acceptors (Lipinski definition) is 5. The standard InChI is InChI=1S/C20H23NO5/c1-20(2)14-5-6-15(25-4)13(10-21)19(14)26-16-9-12(24-3)7-11(18(16)20)8-17(22)23/h5-7,9H,8,10,21H2,1-4H3,(H,22,23). The van der Waals surface area contributed by atoms with E-state index >= 15 is 0 Å². The van der Waals surface area contributed by atoms with E-state index in [0.717, 1.165) is 16.7 Å². The van der Waals surface area contributed by atoms with Crippen LogP contribution in [0.5, 0.6) is 23.0 Å². The first kappa shape index (κ1) is 18.1. The number of fused-ring (bicyclic) bond motifs is 2. The number of benzene rings is 2. The largest absolute Gasteiger partial charge is 0.497 e. The summed E-state index contributed by atoms with van der Waals surface area (Å²) in [6, 6.07) is 7.37. The molecule has 0 radical (unpaired) electrons. The van der Waals surface area contributed by atoms with Gasteiger partial charge >= 0.3 is 5.97 Å². The maximum atomic E-state index is 11.4. The lowest BCUT2D eigenvalue weighted by Gasteiger charge is -2.37. The van der Waals surface area contributed by atoms with Gasteiger partial charge in [0.05, 0.1) is 26.2 Å². The highest BCUT2D eigenvalue weighted by molar-refractivity contribution is 5.74. The van der Waals surface area contributed by atoms with Crippen LogP contribution in [0, 0.1) is 0 Å². The van der Waals surface area contributed by atoms with Crippen LogP contribution in [0.3, 0.4) is 0 Å². The lowest BCUT2D eigenvalue weighted by atomic mass is 9.72. The molecule has 26 heavy (non-hydrogen) atoms. The van der Waals surface area contributed by atoms with Crippen LogP contribution in [0.25, 0.3) is 0 Å². The number of ether oxygens (including phenoxy) is 3. The molecule has 0 fully saturated rings. The summed E-state index contributed by atoms with van der Waals surface area (Å²) in [6.07, 6.45) is -0.110. The quantitative estimate of drug-likeness (QED) is 0.854. The summed E-state index contributed by atoms with van der Waals surface area (Å²) in [5, 5.41) is 9.33. The van der Waals surface area contributed by atoms with Gasteiger partial charge in [0.2, 0.25) is 0 Å². The molecule has 1 aliphatic rings. The second-order valence-electron chi connectivity index (χ2n) is 6.78. The molecule has 2 aromatic rings. The molecule has 3 rings (SSSR count). The Balaban J connectivity index is 2.28.